The SMILES string of the molecule is CCOc1ccc2c(=O)c3c(oc2c1)C(=O)N(c1nc(C)c(C)s1)C3c1ccc(C)cc1. The zero-order valence-electron chi connectivity index (χ0n) is 18.3. The monoisotopic (exact) mass is 446 g/mol. The molecule has 3 heterocycles. The lowest BCUT2D eigenvalue weighted by molar-refractivity contribution is 0.0971. The molecule has 2 aromatic heterocycles. The van der Waals surface area contributed by atoms with Crippen molar-refractivity contribution in [2.75, 3.05) is 11.5 Å². The van der Waals surface area contributed by atoms with Crippen molar-refractivity contribution in [2.45, 2.75) is 33.7 Å². The molecule has 6 nitrogen and oxygen atoms in total. The number of amides is 1. The van der Waals surface area contributed by atoms with Gasteiger partial charge in [-0.1, -0.05) is 29.8 Å². The van der Waals surface area contributed by atoms with Gasteiger partial charge in [-0.25, -0.2) is 4.98 Å². The summed E-state index contributed by atoms with van der Waals surface area (Å²) in [6.45, 7) is 8.26. The zero-order chi connectivity index (χ0) is 22.6. The summed E-state index contributed by atoms with van der Waals surface area (Å²) in [7, 11) is 0. The van der Waals surface area contributed by atoms with Gasteiger partial charge in [0.1, 0.15) is 11.3 Å². The maximum Gasteiger partial charge on any atom is 0.297 e. The molecule has 0 bridgehead atoms. The Morgan fingerprint density at radius 3 is 2.50 bits per heavy atom. The largest absolute Gasteiger partial charge is 0.494 e. The second kappa shape index (κ2) is 7.60. The zero-order valence-corrected chi connectivity index (χ0v) is 19.1. The highest BCUT2D eigenvalue weighted by Gasteiger charge is 2.45. The molecule has 0 fully saturated rings. The Morgan fingerprint density at radius 2 is 1.84 bits per heavy atom. The maximum atomic E-state index is 13.6. The molecular formula is C25H22N2O4S. The van der Waals surface area contributed by atoms with Gasteiger partial charge in [0.15, 0.2) is 10.6 Å². The Kier molecular flexibility index (Phi) is 4.86. The number of ether oxygens (including phenoxy) is 1. The molecule has 5 rings (SSSR count). The molecule has 0 radical (unpaired) electrons. The van der Waals surface area contributed by atoms with Crippen molar-refractivity contribution in [3.8, 4) is 5.75 Å². The van der Waals surface area contributed by atoms with Crippen LogP contribution >= 0.6 is 11.3 Å². The second-order valence-corrected chi connectivity index (χ2v) is 9.07. The molecule has 162 valence electrons. The molecule has 1 aliphatic rings. The number of fused-ring (bicyclic) bond motifs is 2. The molecule has 7 heteroatoms. The van der Waals surface area contributed by atoms with Gasteiger partial charge in [-0.2, -0.15) is 0 Å². The lowest BCUT2D eigenvalue weighted by Crippen LogP contribution is -2.29. The number of hydrogen-bond donors (Lipinski definition) is 0. The predicted octanol–water partition coefficient (Wildman–Crippen LogP) is 5.32. The van der Waals surface area contributed by atoms with E-state index in [1.807, 2.05) is 52.0 Å². The molecule has 1 unspecified atom stereocenters. The first-order valence-corrected chi connectivity index (χ1v) is 11.3. The number of hydrogen-bond acceptors (Lipinski definition) is 6. The molecular weight excluding hydrogens is 424 g/mol. The van der Waals surface area contributed by atoms with Gasteiger partial charge in [-0.05, 0) is 45.4 Å². The maximum absolute atomic E-state index is 13.6. The Bertz CT molecular complexity index is 1400. The first-order valence-electron chi connectivity index (χ1n) is 10.5. The third-order valence-electron chi connectivity index (χ3n) is 5.77. The van der Waals surface area contributed by atoms with Crippen LogP contribution in [0.5, 0.6) is 5.75 Å². The third kappa shape index (κ3) is 3.12. The van der Waals surface area contributed by atoms with Gasteiger partial charge >= 0.3 is 0 Å². The summed E-state index contributed by atoms with van der Waals surface area (Å²) in [6.07, 6.45) is 0. The number of carbonyl (C=O) groups excluding carboxylic acids is 1. The molecule has 1 atom stereocenters. The van der Waals surface area contributed by atoms with Crippen molar-refractivity contribution in [1.29, 1.82) is 0 Å². The van der Waals surface area contributed by atoms with Crippen LogP contribution in [0, 0.1) is 20.8 Å². The van der Waals surface area contributed by atoms with Crippen LogP contribution in [0.1, 0.15) is 50.8 Å². The molecule has 32 heavy (non-hydrogen) atoms. The first-order chi connectivity index (χ1) is 15.4. The number of rotatable bonds is 4. The minimum Gasteiger partial charge on any atom is -0.494 e. The lowest BCUT2D eigenvalue weighted by atomic mass is 9.98. The molecule has 2 aromatic carbocycles. The van der Waals surface area contributed by atoms with Gasteiger partial charge in [0.2, 0.25) is 5.76 Å². The molecule has 0 saturated heterocycles. The highest BCUT2D eigenvalue weighted by atomic mass is 32.1. The summed E-state index contributed by atoms with van der Waals surface area (Å²) in [4.78, 5) is 34.5. The topological polar surface area (TPSA) is 72.6 Å². The average molecular weight is 447 g/mol. The van der Waals surface area contributed by atoms with E-state index >= 15 is 0 Å². The van der Waals surface area contributed by atoms with E-state index in [1.165, 1.54) is 11.3 Å². The molecule has 0 saturated carbocycles. The number of anilines is 1. The summed E-state index contributed by atoms with van der Waals surface area (Å²) in [5.74, 6) is 0.291. The van der Waals surface area contributed by atoms with Gasteiger partial charge in [0, 0.05) is 10.9 Å². The molecule has 0 N–H and O–H groups in total. The molecule has 4 aromatic rings. The van der Waals surface area contributed by atoms with Crippen molar-refractivity contribution in [3.05, 3.63) is 85.7 Å². The second-order valence-electron chi connectivity index (χ2n) is 7.89. The van der Waals surface area contributed by atoms with Crippen LogP contribution in [0.2, 0.25) is 0 Å². The number of aryl methyl sites for hydroxylation is 3. The minimum absolute atomic E-state index is 0.0622. The Labute approximate surface area is 189 Å². The third-order valence-corrected chi connectivity index (χ3v) is 6.84. The van der Waals surface area contributed by atoms with Crippen LogP contribution < -0.4 is 15.1 Å². The van der Waals surface area contributed by atoms with E-state index < -0.39 is 6.04 Å². The fraction of sp³-hybridized carbons (Fsp3) is 0.240. The van der Waals surface area contributed by atoms with Crippen molar-refractivity contribution in [3.63, 3.8) is 0 Å². The highest BCUT2D eigenvalue weighted by molar-refractivity contribution is 7.15. The van der Waals surface area contributed by atoms with E-state index in [-0.39, 0.29) is 17.1 Å². The number of aromatic nitrogens is 1. The Morgan fingerprint density at radius 1 is 1.09 bits per heavy atom. The number of thiazole rings is 1. The van der Waals surface area contributed by atoms with E-state index in [4.69, 9.17) is 9.15 Å². The van der Waals surface area contributed by atoms with Crippen molar-refractivity contribution >= 4 is 33.3 Å². The molecule has 0 spiro atoms. The van der Waals surface area contributed by atoms with E-state index in [2.05, 4.69) is 4.98 Å². The fourth-order valence-corrected chi connectivity index (χ4v) is 4.96. The molecule has 0 aliphatic carbocycles. The van der Waals surface area contributed by atoms with Crippen LogP contribution in [-0.4, -0.2) is 17.5 Å². The number of benzene rings is 2. The fourth-order valence-electron chi connectivity index (χ4n) is 4.03. The van der Waals surface area contributed by atoms with Crippen molar-refractivity contribution in [1.82, 2.24) is 4.98 Å². The van der Waals surface area contributed by atoms with E-state index in [0.29, 0.717) is 34.0 Å². The predicted molar refractivity (Wildman–Crippen MR) is 125 cm³/mol. The highest BCUT2D eigenvalue weighted by Crippen LogP contribution is 2.43. The smallest absolute Gasteiger partial charge is 0.297 e. The summed E-state index contributed by atoms with van der Waals surface area (Å²) >= 11 is 1.44. The normalized spacial score (nSPS) is 15.4. The van der Waals surface area contributed by atoms with Crippen LogP contribution in [0.25, 0.3) is 11.0 Å². The Hall–Kier alpha value is -3.45. The van der Waals surface area contributed by atoms with Crippen molar-refractivity contribution in [2.24, 2.45) is 0 Å². The standard InChI is InChI=1S/C25H22N2O4S/c1-5-30-17-10-11-18-19(12-17)31-23-20(22(18)28)21(16-8-6-13(2)7-9-16)27(24(23)29)25-26-14(3)15(4)32-25/h6-12,21H,5H2,1-4H3. The number of carbonyl (C=O) groups is 1. The number of nitrogens with zero attached hydrogens (tertiary/aromatic N) is 2. The molecule has 1 amide bonds. The van der Waals surface area contributed by atoms with Gasteiger partial charge in [-0.15, -0.1) is 11.3 Å². The first kappa shape index (κ1) is 20.5. The Balaban J connectivity index is 1.77. The van der Waals surface area contributed by atoms with Crippen molar-refractivity contribution < 1.29 is 13.9 Å². The van der Waals surface area contributed by atoms with Crippen LogP contribution in [-0.2, 0) is 0 Å². The van der Waals surface area contributed by atoms with Crippen LogP contribution in [0.4, 0.5) is 5.13 Å². The van der Waals surface area contributed by atoms with Crippen LogP contribution in [0.3, 0.4) is 0 Å². The van der Waals surface area contributed by atoms with Gasteiger partial charge in [0.05, 0.1) is 29.3 Å². The van der Waals surface area contributed by atoms with Gasteiger partial charge in [-0.3, -0.25) is 14.5 Å². The summed E-state index contributed by atoms with van der Waals surface area (Å²) in [6, 6.07) is 12.4. The summed E-state index contributed by atoms with van der Waals surface area (Å²) in [5.41, 5.74) is 3.27. The van der Waals surface area contributed by atoms with E-state index in [9.17, 15) is 9.59 Å². The van der Waals surface area contributed by atoms with Crippen LogP contribution in [0.15, 0.2) is 51.7 Å². The summed E-state index contributed by atoms with van der Waals surface area (Å²) in [5, 5.41) is 0.978. The van der Waals surface area contributed by atoms with E-state index in [0.717, 1.165) is 21.7 Å². The summed E-state index contributed by atoms with van der Waals surface area (Å²) < 4.78 is 11.6. The molecule has 1 aliphatic heterocycles. The lowest BCUT2D eigenvalue weighted by Gasteiger charge is -2.22. The van der Waals surface area contributed by atoms with Gasteiger partial charge < -0.3 is 9.15 Å². The average Bonchev–Trinajstić information content (AvgIpc) is 3.25. The minimum atomic E-state index is -0.602. The van der Waals surface area contributed by atoms with Gasteiger partial charge in [0.25, 0.3) is 5.91 Å². The quantitative estimate of drug-likeness (QED) is 0.424. The van der Waals surface area contributed by atoms with E-state index in [1.54, 1.807) is 23.1 Å².